The molecule has 0 aliphatic carbocycles. The van der Waals surface area contributed by atoms with Gasteiger partial charge >= 0.3 is 0 Å². The predicted molar refractivity (Wildman–Crippen MR) is 89.4 cm³/mol. The maximum atomic E-state index is 5.31. The molecule has 0 aliphatic rings. The van der Waals surface area contributed by atoms with Gasteiger partial charge in [-0.1, -0.05) is 48.5 Å². The molecule has 0 aliphatic heterocycles. The number of para-hydroxylation sites is 2. The highest BCUT2D eigenvalue weighted by Gasteiger charge is 2.09. The van der Waals surface area contributed by atoms with Gasteiger partial charge in [0.2, 0.25) is 11.7 Å². The summed E-state index contributed by atoms with van der Waals surface area (Å²) >= 11 is 0. The van der Waals surface area contributed by atoms with E-state index in [1.54, 1.807) is 7.11 Å². The first-order chi connectivity index (χ1) is 11.3. The van der Waals surface area contributed by atoms with Crippen LogP contribution in [-0.2, 0) is 13.0 Å². The lowest BCUT2D eigenvalue weighted by Crippen LogP contribution is -2.01. The van der Waals surface area contributed by atoms with E-state index in [2.05, 4.69) is 34.5 Å². The highest BCUT2D eigenvalue weighted by molar-refractivity contribution is 5.57. The molecule has 3 rings (SSSR count). The van der Waals surface area contributed by atoms with E-state index in [1.807, 2.05) is 36.4 Å². The van der Waals surface area contributed by atoms with Gasteiger partial charge in [-0.15, -0.1) is 0 Å². The molecule has 118 valence electrons. The Morgan fingerprint density at radius 1 is 1.09 bits per heavy atom. The third-order valence-corrected chi connectivity index (χ3v) is 3.63. The molecule has 5 heteroatoms. The SMILES string of the molecule is CCc1ccc(-c2noc(CNc3ccccc3OC)n2)cc1. The second-order valence-electron chi connectivity index (χ2n) is 5.12. The normalized spacial score (nSPS) is 10.5. The van der Waals surface area contributed by atoms with Crippen molar-refractivity contribution in [3.05, 3.63) is 60.0 Å². The number of aryl methyl sites for hydroxylation is 1. The second kappa shape index (κ2) is 6.96. The highest BCUT2D eigenvalue weighted by atomic mass is 16.5. The first kappa shape index (κ1) is 15.1. The van der Waals surface area contributed by atoms with Crippen molar-refractivity contribution >= 4 is 5.69 Å². The van der Waals surface area contributed by atoms with E-state index >= 15 is 0 Å². The third-order valence-electron chi connectivity index (χ3n) is 3.63. The van der Waals surface area contributed by atoms with Crippen molar-refractivity contribution in [1.82, 2.24) is 10.1 Å². The number of ether oxygens (including phenoxy) is 1. The molecular formula is C18H19N3O2. The van der Waals surface area contributed by atoms with Crippen LogP contribution >= 0.6 is 0 Å². The Labute approximate surface area is 135 Å². The van der Waals surface area contributed by atoms with Gasteiger partial charge in [0.25, 0.3) is 0 Å². The zero-order chi connectivity index (χ0) is 16.1. The summed E-state index contributed by atoms with van der Waals surface area (Å²) in [6.45, 7) is 2.57. The quantitative estimate of drug-likeness (QED) is 0.748. The van der Waals surface area contributed by atoms with Crippen LogP contribution in [0.25, 0.3) is 11.4 Å². The smallest absolute Gasteiger partial charge is 0.246 e. The van der Waals surface area contributed by atoms with Gasteiger partial charge in [-0.05, 0) is 24.1 Å². The second-order valence-corrected chi connectivity index (χ2v) is 5.12. The summed E-state index contributed by atoms with van der Waals surface area (Å²) in [5.41, 5.74) is 3.13. The summed E-state index contributed by atoms with van der Waals surface area (Å²) in [7, 11) is 1.64. The van der Waals surface area contributed by atoms with Gasteiger partial charge in [0.1, 0.15) is 5.75 Å². The van der Waals surface area contributed by atoms with Crippen molar-refractivity contribution in [2.75, 3.05) is 12.4 Å². The van der Waals surface area contributed by atoms with Crippen LogP contribution in [0.3, 0.4) is 0 Å². The molecule has 0 bridgehead atoms. The number of rotatable bonds is 6. The number of methoxy groups -OCH3 is 1. The third kappa shape index (κ3) is 3.51. The molecular weight excluding hydrogens is 290 g/mol. The first-order valence-electron chi connectivity index (χ1n) is 7.59. The fourth-order valence-corrected chi connectivity index (χ4v) is 2.29. The van der Waals surface area contributed by atoms with E-state index in [1.165, 1.54) is 5.56 Å². The minimum Gasteiger partial charge on any atom is -0.495 e. The molecule has 3 aromatic rings. The van der Waals surface area contributed by atoms with E-state index < -0.39 is 0 Å². The lowest BCUT2D eigenvalue weighted by atomic mass is 10.1. The van der Waals surface area contributed by atoms with Gasteiger partial charge in [-0.2, -0.15) is 4.98 Å². The molecule has 1 heterocycles. The van der Waals surface area contributed by atoms with Gasteiger partial charge in [0, 0.05) is 5.56 Å². The Hall–Kier alpha value is -2.82. The molecule has 0 saturated heterocycles. The largest absolute Gasteiger partial charge is 0.495 e. The first-order valence-corrected chi connectivity index (χ1v) is 7.59. The highest BCUT2D eigenvalue weighted by Crippen LogP contribution is 2.24. The molecule has 0 unspecified atom stereocenters. The topological polar surface area (TPSA) is 60.2 Å². The number of benzene rings is 2. The van der Waals surface area contributed by atoms with E-state index in [4.69, 9.17) is 9.26 Å². The van der Waals surface area contributed by atoms with E-state index in [0.29, 0.717) is 18.3 Å². The van der Waals surface area contributed by atoms with Gasteiger partial charge in [-0.3, -0.25) is 0 Å². The maximum Gasteiger partial charge on any atom is 0.246 e. The Balaban J connectivity index is 1.69. The fourth-order valence-electron chi connectivity index (χ4n) is 2.29. The minimum absolute atomic E-state index is 0.445. The predicted octanol–water partition coefficient (Wildman–Crippen LogP) is 3.92. The summed E-state index contributed by atoms with van der Waals surface area (Å²) in [5.74, 6) is 1.91. The van der Waals surface area contributed by atoms with E-state index in [0.717, 1.165) is 23.4 Å². The Morgan fingerprint density at radius 2 is 1.87 bits per heavy atom. The molecule has 2 aromatic carbocycles. The van der Waals surface area contributed by atoms with Crippen LogP contribution in [0, 0.1) is 0 Å². The minimum atomic E-state index is 0.445. The van der Waals surface area contributed by atoms with Gasteiger partial charge < -0.3 is 14.6 Å². The molecule has 1 aromatic heterocycles. The zero-order valence-corrected chi connectivity index (χ0v) is 13.2. The molecule has 5 nitrogen and oxygen atoms in total. The fraction of sp³-hybridized carbons (Fsp3) is 0.222. The molecule has 0 fully saturated rings. The average Bonchev–Trinajstić information content (AvgIpc) is 3.09. The Bertz CT molecular complexity index is 766. The van der Waals surface area contributed by atoms with Gasteiger partial charge in [-0.25, -0.2) is 0 Å². The molecule has 0 atom stereocenters. The van der Waals surface area contributed by atoms with E-state index in [9.17, 15) is 0 Å². The van der Waals surface area contributed by atoms with Gasteiger partial charge in [0.15, 0.2) is 0 Å². The van der Waals surface area contributed by atoms with Gasteiger partial charge in [0.05, 0.1) is 19.3 Å². The number of hydrogen-bond acceptors (Lipinski definition) is 5. The van der Waals surface area contributed by atoms with E-state index in [-0.39, 0.29) is 0 Å². The zero-order valence-electron chi connectivity index (χ0n) is 13.2. The number of nitrogens with zero attached hydrogens (tertiary/aromatic N) is 2. The lowest BCUT2D eigenvalue weighted by molar-refractivity contribution is 0.383. The van der Waals surface area contributed by atoms with Crippen LogP contribution in [0.15, 0.2) is 53.1 Å². The molecule has 1 N–H and O–H groups in total. The summed E-state index contributed by atoms with van der Waals surface area (Å²) in [6, 6.07) is 15.9. The molecule has 0 radical (unpaired) electrons. The molecule has 0 spiro atoms. The molecule has 23 heavy (non-hydrogen) atoms. The van der Waals surface area contributed by atoms with Crippen LogP contribution in [0.4, 0.5) is 5.69 Å². The Kier molecular flexibility index (Phi) is 4.57. The van der Waals surface area contributed by atoms with Crippen molar-refractivity contribution in [3.63, 3.8) is 0 Å². The molecule has 0 saturated carbocycles. The van der Waals surface area contributed by atoms with Crippen molar-refractivity contribution in [3.8, 4) is 17.1 Å². The van der Waals surface area contributed by atoms with Crippen molar-refractivity contribution in [2.45, 2.75) is 19.9 Å². The molecule has 0 amide bonds. The summed E-state index contributed by atoms with van der Waals surface area (Å²) < 4.78 is 10.6. The average molecular weight is 309 g/mol. The van der Waals surface area contributed by atoms with Crippen molar-refractivity contribution in [1.29, 1.82) is 0 Å². The number of anilines is 1. The van der Waals surface area contributed by atoms with Crippen molar-refractivity contribution < 1.29 is 9.26 Å². The van der Waals surface area contributed by atoms with Crippen LogP contribution in [0.2, 0.25) is 0 Å². The van der Waals surface area contributed by atoms with Crippen LogP contribution in [0.5, 0.6) is 5.75 Å². The lowest BCUT2D eigenvalue weighted by Gasteiger charge is -2.08. The Morgan fingerprint density at radius 3 is 2.61 bits per heavy atom. The summed E-state index contributed by atoms with van der Waals surface area (Å²) in [5, 5.41) is 7.28. The van der Waals surface area contributed by atoms with Crippen LogP contribution in [-0.4, -0.2) is 17.3 Å². The number of aromatic nitrogens is 2. The summed E-state index contributed by atoms with van der Waals surface area (Å²) in [4.78, 5) is 4.43. The maximum absolute atomic E-state index is 5.31. The van der Waals surface area contributed by atoms with Crippen molar-refractivity contribution in [2.24, 2.45) is 0 Å². The number of hydrogen-bond donors (Lipinski definition) is 1. The number of nitrogens with one attached hydrogen (secondary N) is 1. The van der Waals surface area contributed by atoms with Crippen LogP contribution in [0.1, 0.15) is 18.4 Å². The van der Waals surface area contributed by atoms with Crippen LogP contribution < -0.4 is 10.1 Å². The summed E-state index contributed by atoms with van der Waals surface area (Å²) in [6.07, 6.45) is 1.01. The standard InChI is InChI=1S/C18H19N3O2/c1-3-13-8-10-14(11-9-13)18-20-17(23-21-18)12-19-15-6-4-5-7-16(15)22-2/h4-11,19H,3,12H2,1-2H3. The monoisotopic (exact) mass is 309 g/mol.